The number of aromatic carboxylic acids is 1. The summed E-state index contributed by atoms with van der Waals surface area (Å²) in [4.78, 5) is 13.1. The van der Waals surface area contributed by atoms with Gasteiger partial charge in [-0.2, -0.15) is 13.2 Å². The second-order valence-corrected chi connectivity index (χ2v) is 3.07. The topological polar surface area (TPSA) is 76.2 Å². The van der Waals surface area contributed by atoms with Crippen LogP contribution >= 0.6 is 11.3 Å². The molecule has 1 rings (SSSR count). The number of carboxylic acid groups (broad SMARTS) is 1. The molecule has 0 saturated carbocycles. The van der Waals surface area contributed by atoms with Crippen LogP contribution in [0.25, 0.3) is 0 Å². The van der Waals surface area contributed by atoms with Gasteiger partial charge < -0.3 is 10.8 Å². The van der Waals surface area contributed by atoms with Crippen LogP contribution in [0.2, 0.25) is 0 Å². The standard InChI is InChI=1S/C5H3F3N2O2S/c6-5(7,8)4-10-1(3(11)12)2(9)13-4/h9H2,(H,11,12). The van der Waals surface area contributed by atoms with E-state index in [2.05, 4.69) is 4.98 Å². The Kier molecular flexibility index (Phi) is 2.16. The molecule has 0 unspecified atom stereocenters. The SMILES string of the molecule is Nc1sc(C(F)(F)F)nc1C(=O)O. The minimum atomic E-state index is -4.65. The molecule has 0 fully saturated rings. The third kappa shape index (κ3) is 1.89. The Balaban J connectivity index is 3.17. The molecule has 0 aliphatic rings. The van der Waals surface area contributed by atoms with E-state index in [9.17, 15) is 18.0 Å². The fourth-order valence-corrected chi connectivity index (χ4v) is 1.30. The molecule has 72 valence electrons. The summed E-state index contributed by atoms with van der Waals surface area (Å²) in [6, 6.07) is 0. The van der Waals surface area contributed by atoms with Crippen LogP contribution < -0.4 is 5.73 Å². The van der Waals surface area contributed by atoms with Crippen molar-refractivity contribution in [2.45, 2.75) is 6.18 Å². The van der Waals surface area contributed by atoms with Crippen molar-refractivity contribution in [3.05, 3.63) is 10.7 Å². The monoisotopic (exact) mass is 212 g/mol. The number of halogens is 3. The predicted octanol–water partition coefficient (Wildman–Crippen LogP) is 1.44. The Morgan fingerprint density at radius 2 is 2.08 bits per heavy atom. The van der Waals surface area contributed by atoms with Crippen molar-refractivity contribution < 1.29 is 23.1 Å². The molecule has 4 nitrogen and oxygen atoms in total. The lowest BCUT2D eigenvalue weighted by Crippen LogP contribution is -2.06. The van der Waals surface area contributed by atoms with Gasteiger partial charge in [0.15, 0.2) is 5.69 Å². The Labute approximate surface area is 73.8 Å². The first-order chi connectivity index (χ1) is 5.82. The Bertz CT molecular complexity index is 346. The molecule has 0 spiro atoms. The van der Waals surface area contributed by atoms with Gasteiger partial charge in [-0.25, -0.2) is 9.78 Å². The molecule has 1 aromatic heterocycles. The molecule has 1 aromatic rings. The summed E-state index contributed by atoms with van der Waals surface area (Å²) in [6.45, 7) is 0. The molecule has 1 heterocycles. The maximum Gasteiger partial charge on any atom is 0.443 e. The number of nitrogen functional groups attached to an aromatic ring is 1. The van der Waals surface area contributed by atoms with Crippen LogP contribution in [0, 0.1) is 0 Å². The number of hydrogen-bond acceptors (Lipinski definition) is 4. The molecule has 0 aromatic carbocycles. The molecule has 3 N–H and O–H groups in total. The fourth-order valence-electron chi connectivity index (χ4n) is 0.606. The maximum absolute atomic E-state index is 11.9. The van der Waals surface area contributed by atoms with Crippen LogP contribution in [-0.2, 0) is 6.18 Å². The van der Waals surface area contributed by atoms with E-state index in [0.717, 1.165) is 0 Å². The normalized spacial score (nSPS) is 11.6. The van der Waals surface area contributed by atoms with E-state index in [1.54, 1.807) is 0 Å². The van der Waals surface area contributed by atoms with E-state index in [0.29, 0.717) is 0 Å². The molecule has 0 amide bonds. The molecule has 0 aliphatic carbocycles. The molecular formula is C5H3F3N2O2S. The van der Waals surface area contributed by atoms with Gasteiger partial charge in [0.1, 0.15) is 5.00 Å². The minimum absolute atomic E-state index is 0.110. The Morgan fingerprint density at radius 1 is 1.54 bits per heavy atom. The highest BCUT2D eigenvalue weighted by Gasteiger charge is 2.36. The van der Waals surface area contributed by atoms with Crippen LogP contribution in [0.1, 0.15) is 15.5 Å². The molecule has 0 bridgehead atoms. The largest absolute Gasteiger partial charge is 0.476 e. The summed E-state index contributed by atoms with van der Waals surface area (Å²) < 4.78 is 35.8. The highest BCUT2D eigenvalue weighted by molar-refractivity contribution is 7.16. The van der Waals surface area contributed by atoms with Gasteiger partial charge in [0.05, 0.1) is 0 Å². The second kappa shape index (κ2) is 2.87. The minimum Gasteiger partial charge on any atom is -0.476 e. The number of anilines is 1. The summed E-state index contributed by atoms with van der Waals surface area (Å²) in [5.41, 5.74) is 4.26. The van der Waals surface area contributed by atoms with E-state index < -0.39 is 27.8 Å². The van der Waals surface area contributed by atoms with Crippen molar-refractivity contribution in [1.82, 2.24) is 4.98 Å². The molecule has 0 saturated heterocycles. The van der Waals surface area contributed by atoms with Gasteiger partial charge in [0, 0.05) is 0 Å². The van der Waals surface area contributed by atoms with Crippen LogP contribution in [0.3, 0.4) is 0 Å². The summed E-state index contributed by atoms with van der Waals surface area (Å²) in [7, 11) is 0. The number of carboxylic acids is 1. The summed E-state index contributed by atoms with van der Waals surface area (Å²) in [5.74, 6) is -1.57. The van der Waals surface area contributed by atoms with Gasteiger partial charge in [0.2, 0.25) is 5.01 Å². The zero-order chi connectivity index (χ0) is 10.2. The summed E-state index contributed by atoms with van der Waals surface area (Å²) in [6.07, 6.45) is -4.65. The maximum atomic E-state index is 11.9. The Morgan fingerprint density at radius 3 is 2.31 bits per heavy atom. The lowest BCUT2D eigenvalue weighted by atomic mass is 10.5. The molecule has 13 heavy (non-hydrogen) atoms. The first-order valence-electron chi connectivity index (χ1n) is 2.89. The third-order valence-corrected chi connectivity index (χ3v) is 2.03. The number of hydrogen-bond donors (Lipinski definition) is 2. The van der Waals surface area contributed by atoms with E-state index in [1.165, 1.54) is 0 Å². The van der Waals surface area contributed by atoms with Crippen molar-refractivity contribution in [3.8, 4) is 0 Å². The summed E-state index contributed by atoms with van der Waals surface area (Å²) >= 11 is 0.110. The number of nitrogens with zero attached hydrogens (tertiary/aromatic N) is 1. The third-order valence-electron chi connectivity index (χ3n) is 1.10. The highest BCUT2D eigenvalue weighted by atomic mass is 32.1. The highest BCUT2D eigenvalue weighted by Crippen LogP contribution is 2.35. The van der Waals surface area contributed by atoms with Gasteiger partial charge >= 0.3 is 12.1 Å². The average molecular weight is 212 g/mol. The van der Waals surface area contributed by atoms with Crippen LogP contribution in [0.4, 0.5) is 18.2 Å². The first kappa shape index (κ1) is 9.78. The average Bonchev–Trinajstić information content (AvgIpc) is 2.29. The second-order valence-electron chi connectivity index (χ2n) is 2.03. The fraction of sp³-hybridized carbons (Fsp3) is 0.200. The molecule has 8 heteroatoms. The number of carbonyl (C=O) groups is 1. The van der Waals surface area contributed by atoms with Crippen molar-refractivity contribution >= 4 is 22.3 Å². The number of rotatable bonds is 1. The van der Waals surface area contributed by atoms with E-state index >= 15 is 0 Å². The number of thiazole rings is 1. The predicted molar refractivity (Wildman–Crippen MR) is 38.5 cm³/mol. The molecule has 0 aliphatic heterocycles. The first-order valence-corrected chi connectivity index (χ1v) is 3.71. The quantitative estimate of drug-likeness (QED) is 0.738. The number of aromatic nitrogens is 1. The number of nitrogens with two attached hydrogens (primary N) is 1. The zero-order valence-electron chi connectivity index (χ0n) is 5.92. The molecule has 0 radical (unpaired) electrons. The van der Waals surface area contributed by atoms with Gasteiger partial charge in [-0.05, 0) is 0 Å². The van der Waals surface area contributed by atoms with Gasteiger partial charge in [-0.1, -0.05) is 11.3 Å². The van der Waals surface area contributed by atoms with Gasteiger partial charge in [0.25, 0.3) is 0 Å². The smallest absolute Gasteiger partial charge is 0.443 e. The van der Waals surface area contributed by atoms with Gasteiger partial charge in [-0.15, -0.1) is 0 Å². The lowest BCUT2D eigenvalue weighted by molar-refractivity contribution is -0.137. The van der Waals surface area contributed by atoms with E-state index in [1.807, 2.05) is 0 Å². The van der Waals surface area contributed by atoms with Crippen LogP contribution in [0.5, 0.6) is 0 Å². The molecular weight excluding hydrogens is 209 g/mol. The Hall–Kier alpha value is -1.31. The van der Waals surface area contributed by atoms with Gasteiger partial charge in [-0.3, -0.25) is 0 Å². The van der Waals surface area contributed by atoms with Crippen molar-refractivity contribution in [3.63, 3.8) is 0 Å². The van der Waals surface area contributed by atoms with Crippen LogP contribution in [-0.4, -0.2) is 16.1 Å². The van der Waals surface area contributed by atoms with Crippen LogP contribution in [0.15, 0.2) is 0 Å². The zero-order valence-corrected chi connectivity index (χ0v) is 6.74. The lowest BCUT2D eigenvalue weighted by Gasteiger charge is -1.98. The molecule has 0 atom stereocenters. The number of alkyl halides is 3. The van der Waals surface area contributed by atoms with Crippen molar-refractivity contribution in [2.24, 2.45) is 0 Å². The van der Waals surface area contributed by atoms with E-state index in [4.69, 9.17) is 10.8 Å². The van der Waals surface area contributed by atoms with Crippen molar-refractivity contribution in [1.29, 1.82) is 0 Å². The van der Waals surface area contributed by atoms with E-state index in [-0.39, 0.29) is 11.3 Å². The van der Waals surface area contributed by atoms with Crippen molar-refractivity contribution in [2.75, 3.05) is 5.73 Å². The summed E-state index contributed by atoms with van der Waals surface area (Å²) in [5, 5.41) is 6.65.